The van der Waals surface area contributed by atoms with Crippen LogP contribution in [0.4, 0.5) is 5.69 Å². The third kappa shape index (κ3) is 3.25. The van der Waals surface area contributed by atoms with Gasteiger partial charge >= 0.3 is 5.97 Å². The van der Waals surface area contributed by atoms with Crippen molar-refractivity contribution in [2.24, 2.45) is 11.8 Å². The maximum atomic E-state index is 12.4. The highest BCUT2D eigenvalue weighted by atomic mass is 16.4. The van der Waals surface area contributed by atoms with Crippen molar-refractivity contribution in [3.63, 3.8) is 0 Å². The zero-order valence-electron chi connectivity index (χ0n) is 14.8. The highest BCUT2D eigenvalue weighted by molar-refractivity contribution is 6.08. The van der Waals surface area contributed by atoms with Gasteiger partial charge in [0, 0.05) is 24.8 Å². The van der Waals surface area contributed by atoms with Gasteiger partial charge in [0.1, 0.15) is 0 Å². The molecular weight excluding hydrogens is 320 g/mol. The molecular formula is C19H24N2O4. The van der Waals surface area contributed by atoms with Gasteiger partial charge in [-0.1, -0.05) is 12.8 Å². The lowest BCUT2D eigenvalue weighted by Gasteiger charge is -2.17. The van der Waals surface area contributed by atoms with Gasteiger partial charge < -0.3 is 15.3 Å². The van der Waals surface area contributed by atoms with Crippen molar-refractivity contribution in [1.29, 1.82) is 0 Å². The number of nitrogens with zero attached hydrogens (tertiary/aromatic N) is 1. The average Bonchev–Trinajstić information content (AvgIpc) is 3.37. The monoisotopic (exact) mass is 344 g/mol. The van der Waals surface area contributed by atoms with Gasteiger partial charge in [-0.25, -0.2) is 0 Å². The van der Waals surface area contributed by atoms with E-state index < -0.39 is 17.3 Å². The van der Waals surface area contributed by atoms with Gasteiger partial charge in [-0.3, -0.25) is 14.4 Å². The Balaban J connectivity index is 1.72. The van der Waals surface area contributed by atoms with Crippen LogP contribution >= 0.6 is 0 Å². The summed E-state index contributed by atoms with van der Waals surface area (Å²) in [6.07, 6.45) is 2.78. The number of aliphatic carboxylic acids is 1. The van der Waals surface area contributed by atoms with Crippen LogP contribution in [0.2, 0.25) is 0 Å². The highest BCUT2D eigenvalue weighted by Gasteiger charge is 2.42. The van der Waals surface area contributed by atoms with E-state index in [1.165, 1.54) is 0 Å². The predicted molar refractivity (Wildman–Crippen MR) is 93.7 cm³/mol. The van der Waals surface area contributed by atoms with E-state index in [0.717, 1.165) is 24.1 Å². The number of likely N-dealkylation sites (N-methyl/N-ethyl adjacent to an activating group) is 1. The molecule has 0 radical (unpaired) electrons. The average molecular weight is 344 g/mol. The summed E-state index contributed by atoms with van der Waals surface area (Å²) in [5.41, 5.74) is 1.41. The standard InChI is InChI=1S/C19H24N2O4/c1-19(2)14-9-12(6-7-15(14)21(3)18(19)25)16(22)20-10-13(17(23)24)8-11-4-5-11/h6-7,9,11,13H,4-5,8,10H2,1-3H3,(H,20,22)(H,23,24). The molecule has 1 unspecified atom stereocenters. The first-order chi connectivity index (χ1) is 11.7. The third-order valence-corrected chi connectivity index (χ3v) is 5.31. The molecule has 0 aromatic heterocycles. The maximum Gasteiger partial charge on any atom is 0.308 e. The van der Waals surface area contributed by atoms with Gasteiger partial charge in [-0.05, 0) is 49.9 Å². The number of nitrogens with one attached hydrogen (secondary N) is 1. The van der Waals surface area contributed by atoms with Crippen molar-refractivity contribution in [3.8, 4) is 0 Å². The molecule has 1 saturated carbocycles. The van der Waals surface area contributed by atoms with Gasteiger partial charge in [0.15, 0.2) is 0 Å². The van der Waals surface area contributed by atoms with E-state index in [-0.39, 0.29) is 18.4 Å². The topological polar surface area (TPSA) is 86.7 Å². The summed E-state index contributed by atoms with van der Waals surface area (Å²) in [4.78, 5) is 37.7. The number of anilines is 1. The minimum Gasteiger partial charge on any atom is -0.481 e. The largest absolute Gasteiger partial charge is 0.481 e. The van der Waals surface area contributed by atoms with E-state index in [4.69, 9.17) is 0 Å². The van der Waals surface area contributed by atoms with Crippen molar-refractivity contribution >= 4 is 23.5 Å². The zero-order valence-corrected chi connectivity index (χ0v) is 14.8. The number of amides is 2. The SMILES string of the molecule is CN1C(=O)C(C)(C)c2cc(C(=O)NCC(CC3CC3)C(=O)O)ccc21. The van der Waals surface area contributed by atoms with Crippen LogP contribution in [0.1, 0.15) is 49.0 Å². The molecule has 1 aromatic rings. The molecule has 1 heterocycles. The second kappa shape index (κ2) is 6.17. The molecule has 2 aliphatic rings. The number of carbonyl (C=O) groups is 3. The Morgan fingerprint density at radius 2 is 2.04 bits per heavy atom. The molecule has 134 valence electrons. The lowest BCUT2D eigenvalue weighted by atomic mass is 9.85. The second-order valence-corrected chi connectivity index (χ2v) is 7.65. The number of rotatable bonds is 6. The van der Waals surface area contributed by atoms with Crippen molar-refractivity contribution in [2.45, 2.75) is 38.5 Å². The summed E-state index contributed by atoms with van der Waals surface area (Å²) in [6.45, 7) is 3.81. The first kappa shape index (κ1) is 17.5. The van der Waals surface area contributed by atoms with Gasteiger partial charge in [0.25, 0.3) is 5.91 Å². The van der Waals surface area contributed by atoms with Crippen LogP contribution in [0.5, 0.6) is 0 Å². The summed E-state index contributed by atoms with van der Waals surface area (Å²) >= 11 is 0. The Morgan fingerprint density at radius 3 is 2.64 bits per heavy atom. The molecule has 1 aliphatic heterocycles. The molecule has 25 heavy (non-hydrogen) atoms. The van der Waals surface area contributed by atoms with Crippen LogP contribution in [0, 0.1) is 11.8 Å². The van der Waals surface area contributed by atoms with Gasteiger partial charge in [0.2, 0.25) is 5.91 Å². The highest BCUT2D eigenvalue weighted by Crippen LogP contribution is 2.41. The summed E-state index contributed by atoms with van der Waals surface area (Å²) in [6, 6.07) is 5.19. The van der Waals surface area contributed by atoms with Gasteiger partial charge in [-0.15, -0.1) is 0 Å². The molecule has 6 heteroatoms. The van der Waals surface area contributed by atoms with Crippen molar-refractivity contribution in [2.75, 3.05) is 18.5 Å². The third-order valence-electron chi connectivity index (χ3n) is 5.31. The molecule has 1 fully saturated rings. The minimum atomic E-state index is -0.866. The Hall–Kier alpha value is -2.37. The quantitative estimate of drug-likeness (QED) is 0.828. The molecule has 1 aliphatic carbocycles. The molecule has 0 spiro atoms. The number of hydrogen-bond donors (Lipinski definition) is 2. The number of carboxylic acid groups (broad SMARTS) is 1. The molecule has 1 aromatic carbocycles. The molecule has 0 saturated heterocycles. The summed E-state index contributed by atoms with van der Waals surface area (Å²) in [7, 11) is 1.73. The number of carboxylic acids is 1. The number of carbonyl (C=O) groups excluding carboxylic acids is 2. The Bertz CT molecular complexity index is 737. The Kier molecular flexibility index (Phi) is 4.31. The van der Waals surface area contributed by atoms with Crippen molar-refractivity contribution in [1.82, 2.24) is 5.32 Å². The molecule has 1 atom stereocenters. The minimum absolute atomic E-state index is 0.00423. The maximum absolute atomic E-state index is 12.4. The van der Waals surface area contributed by atoms with E-state index in [9.17, 15) is 19.5 Å². The fraction of sp³-hybridized carbons (Fsp3) is 0.526. The number of hydrogen-bond acceptors (Lipinski definition) is 3. The van der Waals surface area contributed by atoms with Crippen LogP contribution in [0.3, 0.4) is 0 Å². The summed E-state index contributed by atoms with van der Waals surface area (Å²) in [5, 5.41) is 12.0. The van der Waals surface area contributed by atoms with E-state index in [1.807, 2.05) is 13.8 Å². The summed E-state index contributed by atoms with van der Waals surface area (Å²) < 4.78 is 0. The first-order valence-corrected chi connectivity index (χ1v) is 8.65. The lowest BCUT2D eigenvalue weighted by molar-refractivity contribution is -0.141. The zero-order chi connectivity index (χ0) is 18.4. The van der Waals surface area contributed by atoms with Crippen LogP contribution in [0.15, 0.2) is 18.2 Å². The van der Waals surface area contributed by atoms with Crippen LogP contribution in [0.25, 0.3) is 0 Å². The molecule has 0 bridgehead atoms. The smallest absolute Gasteiger partial charge is 0.308 e. The van der Waals surface area contributed by atoms with Crippen molar-refractivity contribution in [3.05, 3.63) is 29.3 Å². The number of fused-ring (bicyclic) bond motifs is 1. The fourth-order valence-electron chi connectivity index (χ4n) is 3.46. The van der Waals surface area contributed by atoms with E-state index in [2.05, 4.69) is 5.32 Å². The molecule has 2 amide bonds. The number of benzene rings is 1. The second-order valence-electron chi connectivity index (χ2n) is 7.65. The van der Waals surface area contributed by atoms with Crippen LogP contribution < -0.4 is 10.2 Å². The summed E-state index contributed by atoms with van der Waals surface area (Å²) in [5.74, 6) is -1.23. The molecule has 3 rings (SSSR count). The normalized spacial score (nSPS) is 19.5. The van der Waals surface area contributed by atoms with Gasteiger partial charge in [0.05, 0.1) is 11.3 Å². The molecule has 6 nitrogen and oxygen atoms in total. The Labute approximate surface area is 147 Å². The first-order valence-electron chi connectivity index (χ1n) is 8.65. The fourth-order valence-corrected chi connectivity index (χ4v) is 3.46. The lowest BCUT2D eigenvalue weighted by Crippen LogP contribution is -2.34. The van der Waals surface area contributed by atoms with E-state index >= 15 is 0 Å². The van der Waals surface area contributed by atoms with Gasteiger partial charge in [-0.2, -0.15) is 0 Å². The predicted octanol–water partition coefficient (Wildman–Crippen LogP) is 2.17. The van der Waals surface area contributed by atoms with Crippen molar-refractivity contribution < 1.29 is 19.5 Å². The van der Waals surface area contributed by atoms with Crippen LogP contribution in [-0.2, 0) is 15.0 Å². The van der Waals surface area contributed by atoms with Crippen LogP contribution in [-0.4, -0.2) is 36.5 Å². The Morgan fingerprint density at radius 1 is 1.36 bits per heavy atom. The molecule has 2 N–H and O–H groups in total. The van der Waals surface area contributed by atoms with E-state index in [1.54, 1.807) is 30.1 Å². The van der Waals surface area contributed by atoms with E-state index in [0.29, 0.717) is 17.9 Å².